The molecule has 0 bridgehead atoms. The quantitative estimate of drug-likeness (QED) is 0.861. The molecule has 1 N–H and O–H groups in total. The van der Waals surface area contributed by atoms with Gasteiger partial charge in [-0.15, -0.1) is 0 Å². The second kappa shape index (κ2) is 5.48. The van der Waals surface area contributed by atoms with E-state index in [4.69, 9.17) is 0 Å². The number of hydrogen-bond donors (Lipinski definition) is 1. The van der Waals surface area contributed by atoms with Gasteiger partial charge in [-0.25, -0.2) is 13.6 Å². The van der Waals surface area contributed by atoms with Crippen molar-refractivity contribution in [2.45, 2.75) is 0 Å². The monoisotopic (exact) mass is 263 g/mol. The molecule has 2 aromatic carbocycles. The molecule has 3 nitrogen and oxygen atoms in total. The third-order valence-electron chi connectivity index (χ3n) is 2.53. The molecule has 0 aromatic heterocycles. The van der Waals surface area contributed by atoms with Crippen LogP contribution in [-0.2, 0) is 4.74 Å². The van der Waals surface area contributed by atoms with Crippen molar-refractivity contribution in [3.63, 3.8) is 0 Å². The highest BCUT2D eigenvalue weighted by Crippen LogP contribution is 2.24. The van der Waals surface area contributed by atoms with E-state index in [-0.39, 0.29) is 5.69 Å². The van der Waals surface area contributed by atoms with Gasteiger partial charge in [-0.05, 0) is 24.3 Å². The van der Waals surface area contributed by atoms with Gasteiger partial charge in [0.1, 0.15) is 11.4 Å². The molecule has 0 saturated heterocycles. The fourth-order valence-electron chi connectivity index (χ4n) is 1.62. The minimum absolute atomic E-state index is 0.00741. The van der Waals surface area contributed by atoms with E-state index in [9.17, 15) is 13.6 Å². The Morgan fingerprint density at radius 2 is 1.79 bits per heavy atom. The first-order valence-electron chi connectivity index (χ1n) is 5.52. The second-order valence-corrected chi connectivity index (χ2v) is 3.77. The van der Waals surface area contributed by atoms with Crippen molar-refractivity contribution in [3.8, 4) is 0 Å². The molecule has 0 aliphatic rings. The van der Waals surface area contributed by atoms with Crippen molar-refractivity contribution in [2.75, 3.05) is 12.4 Å². The first-order valence-corrected chi connectivity index (χ1v) is 5.52. The summed E-state index contributed by atoms with van der Waals surface area (Å²) in [5.74, 6) is -2.98. The maximum atomic E-state index is 14.1. The predicted molar refractivity (Wildman–Crippen MR) is 67.4 cm³/mol. The summed E-state index contributed by atoms with van der Waals surface area (Å²) >= 11 is 0. The number of para-hydroxylation sites is 1. The number of methoxy groups -OCH3 is 1. The van der Waals surface area contributed by atoms with Crippen LogP contribution in [0, 0.1) is 11.6 Å². The van der Waals surface area contributed by atoms with Crippen molar-refractivity contribution < 1.29 is 18.3 Å². The lowest BCUT2D eigenvalue weighted by molar-refractivity contribution is 0.0590. The molecule has 5 heteroatoms. The van der Waals surface area contributed by atoms with Crippen LogP contribution in [0.25, 0.3) is 0 Å². The van der Waals surface area contributed by atoms with Crippen molar-refractivity contribution in [2.24, 2.45) is 0 Å². The average molecular weight is 263 g/mol. The van der Waals surface area contributed by atoms with Crippen molar-refractivity contribution in [1.82, 2.24) is 0 Å². The summed E-state index contributed by atoms with van der Waals surface area (Å²) in [5, 5.41) is 2.77. The van der Waals surface area contributed by atoms with Gasteiger partial charge in [0.2, 0.25) is 0 Å². The van der Waals surface area contributed by atoms with Crippen LogP contribution in [-0.4, -0.2) is 13.1 Å². The van der Waals surface area contributed by atoms with E-state index in [2.05, 4.69) is 10.1 Å². The number of rotatable bonds is 3. The van der Waals surface area contributed by atoms with Gasteiger partial charge in [0.05, 0.1) is 12.8 Å². The Morgan fingerprint density at radius 1 is 1.11 bits per heavy atom. The third kappa shape index (κ3) is 2.70. The Morgan fingerprint density at radius 3 is 2.42 bits per heavy atom. The first-order chi connectivity index (χ1) is 9.13. The van der Waals surface area contributed by atoms with Gasteiger partial charge in [0, 0.05) is 5.69 Å². The number of hydrogen-bond acceptors (Lipinski definition) is 3. The van der Waals surface area contributed by atoms with Crippen molar-refractivity contribution in [1.29, 1.82) is 0 Å². The van der Waals surface area contributed by atoms with Gasteiger partial charge >= 0.3 is 5.97 Å². The number of carbonyl (C=O) groups is 1. The van der Waals surface area contributed by atoms with Crippen LogP contribution in [0.4, 0.5) is 20.2 Å². The molecule has 0 fully saturated rings. The molecular weight excluding hydrogens is 252 g/mol. The van der Waals surface area contributed by atoms with E-state index in [1.165, 1.54) is 6.07 Å². The smallest absolute Gasteiger partial charge is 0.343 e. The first kappa shape index (κ1) is 13.0. The van der Waals surface area contributed by atoms with Crippen LogP contribution in [0.5, 0.6) is 0 Å². The Kier molecular flexibility index (Phi) is 3.75. The average Bonchev–Trinajstić information content (AvgIpc) is 2.43. The molecule has 2 aromatic rings. The molecule has 2 rings (SSSR count). The Balaban J connectivity index is 2.40. The van der Waals surface area contributed by atoms with Gasteiger partial charge in [0.15, 0.2) is 5.82 Å². The summed E-state index contributed by atoms with van der Waals surface area (Å²) in [5.41, 5.74) is -0.0692. The summed E-state index contributed by atoms with van der Waals surface area (Å²) in [6, 6.07) is 11.0. The number of nitrogens with one attached hydrogen (secondary N) is 1. The Labute approximate surface area is 108 Å². The zero-order valence-corrected chi connectivity index (χ0v) is 10.1. The van der Waals surface area contributed by atoms with Gasteiger partial charge in [0.25, 0.3) is 0 Å². The van der Waals surface area contributed by atoms with Gasteiger partial charge < -0.3 is 10.1 Å². The fourth-order valence-corrected chi connectivity index (χ4v) is 1.62. The topological polar surface area (TPSA) is 38.3 Å². The van der Waals surface area contributed by atoms with Crippen LogP contribution in [0.15, 0.2) is 42.5 Å². The largest absolute Gasteiger partial charge is 0.465 e. The normalized spacial score (nSPS) is 10.1. The van der Waals surface area contributed by atoms with E-state index in [0.717, 1.165) is 13.2 Å². The highest BCUT2D eigenvalue weighted by atomic mass is 19.1. The minimum Gasteiger partial charge on any atom is -0.465 e. The van der Waals surface area contributed by atoms with Crippen LogP contribution >= 0.6 is 0 Å². The molecule has 0 heterocycles. The van der Waals surface area contributed by atoms with Crippen LogP contribution < -0.4 is 5.32 Å². The van der Waals surface area contributed by atoms with E-state index in [1.807, 2.05) is 6.07 Å². The summed E-state index contributed by atoms with van der Waals surface area (Å²) in [6.07, 6.45) is 0. The lowest BCUT2D eigenvalue weighted by Gasteiger charge is -2.10. The lowest BCUT2D eigenvalue weighted by Crippen LogP contribution is -2.09. The maximum absolute atomic E-state index is 14.1. The Hall–Kier alpha value is -2.43. The Bertz CT molecular complexity index is 600. The number of carbonyl (C=O) groups excluding carboxylic acids is 1. The molecule has 0 radical (unpaired) electrons. The molecule has 0 atom stereocenters. The number of benzene rings is 2. The molecule has 0 aliphatic heterocycles. The summed E-state index contributed by atoms with van der Waals surface area (Å²) in [4.78, 5) is 11.3. The standard InChI is InChI=1S/C14H11F2NO2/c1-19-14(18)12-10(15)7-8-11(13(12)16)17-9-5-3-2-4-6-9/h2-8,17H,1H3. The van der Waals surface area contributed by atoms with Crippen LogP contribution in [0.1, 0.15) is 10.4 Å². The van der Waals surface area contributed by atoms with E-state index < -0.39 is 23.2 Å². The molecular formula is C14H11F2NO2. The zero-order chi connectivity index (χ0) is 13.8. The number of ether oxygens (including phenoxy) is 1. The predicted octanol–water partition coefficient (Wildman–Crippen LogP) is 3.50. The molecule has 0 spiro atoms. The minimum atomic E-state index is -1.05. The fraction of sp³-hybridized carbons (Fsp3) is 0.0714. The summed E-state index contributed by atoms with van der Waals surface area (Å²) in [6.45, 7) is 0. The van der Waals surface area contributed by atoms with E-state index in [0.29, 0.717) is 5.69 Å². The zero-order valence-electron chi connectivity index (χ0n) is 10.1. The second-order valence-electron chi connectivity index (χ2n) is 3.77. The number of anilines is 2. The van der Waals surface area contributed by atoms with E-state index >= 15 is 0 Å². The molecule has 19 heavy (non-hydrogen) atoms. The van der Waals surface area contributed by atoms with Crippen molar-refractivity contribution in [3.05, 3.63) is 59.7 Å². The van der Waals surface area contributed by atoms with Gasteiger partial charge in [-0.1, -0.05) is 18.2 Å². The number of halogens is 2. The third-order valence-corrected chi connectivity index (χ3v) is 2.53. The SMILES string of the molecule is COC(=O)c1c(F)ccc(Nc2ccccc2)c1F. The molecule has 0 amide bonds. The molecule has 98 valence electrons. The maximum Gasteiger partial charge on any atom is 0.343 e. The van der Waals surface area contributed by atoms with E-state index in [1.54, 1.807) is 24.3 Å². The summed E-state index contributed by atoms with van der Waals surface area (Å²) < 4.78 is 31.8. The molecule has 0 aliphatic carbocycles. The van der Waals surface area contributed by atoms with Crippen LogP contribution in [0.2, 0.25) is 0 Å². The highest BCUT2D eigenvalue weighted by molar-refractivity contribution is 5.91. The highest BCUT2D eigenvalue weighted by Gasteiger charge is 2.21. The number of esters is 1. The van der Waals surface area contributed by atoms with Gasteiger partial charge in [-0.2, -0.15) is 0 Å². The molecule has 0 unspecified atom stereocenters. The molecule has 0 saturated carbocycles. The van der Waals surface area contributed by atoms with Gasteiger partial charge in [-0.3, -0.25) is 0 Å². The lowest BCUT2D eigenvalue weighted by atomic mass is 10.1. The summed E-state index contributed by atoms with van der Waals surface area (Å²) in [7, 11) is 1.07. The van der Waals surface area contributed by atoms with Crippen molar-refractivity contribution >= 4 is 17.3 Å². The van der Waals surface area contributed by atoms with Crippen LogP contribution in [0.3, 0.4) is 0 Å².